The molecule has 0 aromatic carbocycles. The summed E-state index contributed by atoms with van der Waals surface area (Å²) in [6.07, 6.45) is 1.08. The molecule has 4 nitrogen and oxygen atoms in total. The van der Waals surface area contributed by atoms with Gasteiger partial charge in [0, 0.05) is 24.9 Å². The SMILES string of the molecule is CCS(=O)(=O)CCCC(CO)CO. The van der Waals surface area contributed by atoms with E-state index in [2.05, 4.69) is 0 Å². The molecule has 0 heterocycles. The lowest BCUT2D eigenvalue weighted by Crippen LogP contribution is -2.14. The minimum Gasteiger partial charge on any atom is -0.396 e. The van der Waals surface area contributed by atoms with Crippen LogP contribution in [0, 0.1) is 5.92 Å². The van der Waals surface area contributed by atoms with Gasteiger partial charge in [-0.3, -0.25) is 0 Å². The van der Waals surface area contributed by atoms with Crippen molar-refractivity contribution in [2.24, 2.45) is 5.92 Å². The Morgan fingerprint density at radius 3 is 2.15 bits per heavy atom. The van der Waals surface area contributed by atoms with Crippen molar-refractivity contribution in [2.75, 3.05) is 24.7 Å². The number of sulfone groups is 1. The summed E-state index contributed by atoms with van der Waals surface area (Å²) in [6, 6.07) is 0. The van der Waals surface area contributed by atoms with E-state index < -0.39 is 9.84 Å². The molecule has 0 spiro atoms. The summed E-state index contributed by atoms with van der Waals surface area (Å²) in [4.78, 5) is 0. The zero-order valence-electron chi connectivity index (χ0n) is 7.94. The second kappa shape index (κ2) is 6.34. The molecule has 0 radical (unpaired) electrons. The van der Waals surface area contributed by atoms with Crippen LogP contribution in [0.1, 0.15) is 19.8 Å². The van der Waals surface area contributed by atoms with Crippen LogP contribution in [0.2, 0.25) is 0 Å². The Labute approximate surface area is 79.5 Å². The Balaban J connectivity index is 3.67. The monoisotopic (exact) mass is 210 g/mol. The van der Waals surface area contributed by atoms with Crippen molar-refractivity contribution in [3.8, 4) is 0 Å². The summed E-state index contributed by atoms with van der Waals surface area (Å²) < 4.78 is 22.1. The van der Waals surface area contributed by atoms with Crippen LogP contribution in [0.5, 0.6) is 0 Å². The van der Waals surface area contributed by atoms with Crippen LogP contribution in [0.15, 0.2) is 0 Å². The van der Waals surface area contributed by atoms with E-state index in [9.17, 15) is 8.42 Å². The van der Waals surface area contributed by atoms with Gasteiger partial charge in [0.05, 0.1) is 5.75 Å². The van der Waals surface area contributed by atoms with Crippen molar-refractivity contribution in [3.05, 3.63) is 0 Å². The molecular weight excluding hydrogens is 192 g/mol. The van der Waals surface area contributed by atoms with E-state index in [-0.39, 0.29) is 30.6 Å². The first-order valence-corrected chi connectivity index (χ1v) is 6.30. The molecule has 0 saturated carbocycles. The first-order chi connectivity index (χ1) is 6.05. The van der Waals surface area contributed by atoms with E-state index in [4.69, 9.17) is 10.2 Å². The molecule has 0 amide bonds. The molecule has 0 saturated heterocycles. The average Bonchev–Trinajstić information content (AvgIpc) is 2.12. The Kier molecular flexibility index (Phi) is 6.28. The second-order valence-electron chi connectivity index (χ2n) is 3.11. The minimum atomic E-state index is -2.89. The van der Waals surface area contributed by atoms with E-state index >= 15 is 0 Å². The van der Waals surface area contributed by atoms with Crippen molar-refractivity contribution < 1.29 is 18.6 Å². The van der Waals surface area contributed by atoms with Gasteiger partial charge in [0.25, 0.3) is 0 Å². The number of rotatable bonds is 7. The van der Waals surface area contributed by atoms with Gasteiger partial charge in [-0.2, -0.15) is 0 Å². The van der Waals surface area contributed by atoms with Gasteiger partial charge in [0.1, 0.15) is 9.84 Å². The highest BCUT2D eigenvalue weighted by Crippen LogP contribution is 2.06. The Bertz CT molecular complexity index is 206. The summed E-state index contributed by atoms with van der Waals surface area (Å²) in [5.74, 6) is 0.141. The predicted octanol–water partition coefficient (Wildman–Crippen LogP) is -0.198. The molecule has 2 N–H and O–H groups in total. The fraction of sp³-hybridized carbons (Fsp3) is 1.00. The number of aliphatic hydroxyl groups excluding tert-OH is 2. The third kappa shape index (κ3) is 6.01. The smallest absolute Gasteiger partial charge is 0.150 e. The molecular formula is C8H18O4S. The van der Waals surface area contributed by atoms with Crippen LogP contribution in [0.4, 0.5) is 0 Å². The molecule has 0 aliphatic heterocycles. The largest absolute Gasteiger partial charge is 0.396 e. The lowest BCUT2D eigenvalue weighted by Gasteiger charge is -2.09. The van der Waals surface area contributed by atoms with Gasteiger partial charge >= 0.3 is 0 Å². The minimum absolute atomic E-state index is 0.0807. The van der Waals surface area contributed by atoms with Crippen LogP contribution in [0.3, 0.4) is 0 Å². The van der Waals surface area contributed by atoms with Gasteiger partial charge in [0.15, 0.2) is 0 Å². The van der Waals surface area contributed by atoms with Crippen molar-refractivity contribution in [1.82, 2.24) is 0 Å². The molecule has 0 aliphatic rings. The highest BCUT2D eigenvalue weighted by Gasteiger charge is 2.10. The molecule has 0 bridgehead atoms. The Morgan fingerprint density at radius 2 is 1.77 bits per heavy atom. The summed E-state index contributed by atoms with van der Waals surface area (Å²) in [6.45, 7) is 1.45. The van der Waals surface area contributed by atoms with Gasteiger partial charge in [-0.25, -0.2) is 8.42 Å². The third-order valence-electron chi connectivity index (χ3n) is 2.02. The summed E-state index contributed by atoms with van der Waals surface area (Å²) >= 11 is 0. The average molecular weight is 210 g/mol. The van der Waals surface area contributed by atoms with Gasteiger partial charge < -0.3 is 10.2 Å². The van der Waals surface area contributed by atoms with E-state index in [1.165, 1.54) is 0 Å². The number of hydrogen-bond acceptors (Lipinski definition) is 4. The number of hydrogen-bond donors (Lipinski definition) is 2. The predicted molar refractivity (Wildman–Crippen MR) is 51.2 cm³/mol. The molecule has 0 aliphatic carbocycles. The van der Waals surface area contributed by atoms with Gasteiger partial charge in [-0.1, -0.05) is 6.92 Å². The third-order valence-corrected chi connectivity index (χ3v) is 3.81. The van der Waals surface area contributed by atoms with E-state index in [0.717, 1.165) is 0 Å². The van der Waals surface area contributed by atoms with Crippen LogP contribution in [-0.4, -0.2) is 43.4 Å². The maximum absolute atomic E-state index is 11.0. The zero-order valence-corrected chi connectivity index (χ0v) is 8.76. The molecule has 0 fully saturated rings. The van der Waals surface area contributed by atoms with Crippen LogP contribution in [-0.2, 0) is 9.84 Å². The molecule has 5 heteroatoms. The highest BCUT2D eigenvalue weighted by atomic mass is 32.2. The molecule has 0 atom stereocenters. The van der Waals surface area contributed by atoms with Crippen LogP contribution >= 0.6 is 0 Å². The summed E-state index contributed by atoms with van der Waals surface area (Å²) in [5.41, 5.74) is 0. The topological polar surface area (TPSA) is 74.6 Å². The molecule has 13 heavy (non-hydrogen) atoms. The number of aliphatic hydroxyl groups is 2. The maximum Gasteiger partial charge on any atom is 0.150 e. The Hall–Kier alpha value is -0.130. The second-order valence-corrected chi connectivity index (χ2v) is 5.58. The van der Waals surface area contributed by atoms with Crippen molar-refractivity contribution >= 4 is 9.84 Å². The van der Waals surface area contributed by atoms with Crippen molar-refractivity contribution in [3.63, 3.8) is 0 Å². The molecule has 0 rings (SSSR count). The fourth-order valence-corrected chi connectivity index (χ4v) is 1.87. The van der Waals surface area contributed by atoms with E-state index in [1.807, 2.05) is 0 Å². The highest BCUT2D eigenvalue weighted by molar-refractivity contribution is 7.91. The molecule has 80 valence electrons. The van der Waals surface area contributed by atoms with Gasteiger partial charge in [-0.15, -0.1) is 0 Å². The maximum atomic E-state index is 11.0. The zero-order chi connectivity index (χ0) is 10.3. The van der Waals surface area contributed by atoms with Crippen molar-refractivity contribution in [2.45, 2.75) is 19.8 Å². The summed E-state index contributed by atoms with van der Waals surface area (Å²) in [5, 5.41) is 17.4. The standard InChI is InChI=1S/C8H18O4S/c1-2-13(11,12)5-3-4-8(6-9)7-10/h8-10H,2-7H2,1H3. The Morgan fingerprint density at radius 1 is 1.23 bits per heavy atom. The van der Waals surface area contributed by atoms with E-state index in [0.29, 0.717) is 12.8 Å². The van der Waals surface area contributed by atoms with Crippen molar-refractivity contribution in [1.29, 1.82) is 0 Å². The molecule has 0 aromatic rings. The lowest BCUT2D eigenvalue weighted by atomic mass is 10.1. The quantitative estimate of drug-likeness (QED) is 0.610. The first kappa shape index (κ1) is 12.9. The lowest BCUT2D eigenvalue weighted by molar-refractivity contribution is 0.143. The molecule has 0 aromatic heterocycles. The van der Waals surface area contributed by atoms with Crippen LogP contribution in [0.25, 0.3) is 0 Å². The molecule has 0 unspecified atom stereocenters. The first-order valence-electron chi connectivity index (χ1n) is 4.47. The van der Waals surface area contributed by atoms with Crippen LogP contribution < -0.4 is 0 Å². The fourth-order valence-electron chi connectivity index (χ4n) is 0.977. The van der Waals surface area contributed by atoms with E-state index in [1.54, 1.807) is 6.92 Å². The normalized spacial score (nSPS) is 12.3. The van der Waals surface area contributed by atoms with Gasteiger partial charge in [-0.05, 0) is 12.8 Å². The summed E-state index contributed by atoms with van der Waals surface area (Å²) in [7, 11) is -2.89. The van der Waals surface area contributed by atoms with Gasteiger partial charge in [0.2, 0.25) is 0 Å².